The van der Waals surface area contributed by atoms with Crippen LogP contribution < -0.4 is 10.1 Å². The van der Waals surface area contributed by atoms with Crippen molar-refractivity contribution in [2.75, 3.05) is 20.3 Å². The Bertz CT molecular complexity index is 337. The lowest BCUT2D eigenvalue weighted by Crippen LogP contribution is -2.44. The molecule has 1 aliphatic heterocycles. The van der Waals surface area contributed by atoms with Gasteiger partial charge >= 0.3 is 0 Å². The van der Waals surface area contributed by atoms with Gasteiger partial charge in [0.05, 0.1) is 7.11 Å². The van der Waals surface area contributed by atoms with E-state index < -0.39 is 0 Å². The molecular weight excluding hydrogens is 214 g/mol. The van der Waals surface area contributed by atoms with Crippen LogP contribution in [0.4, 0.5) is 0 Å². The molecule has 1 saturated heterocycles. The highest BCUT2D eigenvalue weighted by Crippen LogP contribution is 2.20. The lowest BCUT2D eigenvalue weighted by atomic mass is 9.87. The molecular formula is C14H21NO2. The molecule has 1 aliphatic rings. The van der Waals surface area contributed by atoms with Crippen molar-refractivity contribution < 1.29 is 9.84 Å². The minimum atomic E-state index is 0.286. The van der Waals surface area contributed by atoms with Gasteiger partial charge in [-0.25, -0.2) is 0 Å². The number of methoxy groups -OCH3 is 1. The first-order valence-electron chi connectivity index (χ1n) is 6.30. The maximum absolute atomic E-state index is 9.36. The molecule has 1 fully saturated rings. The Morgan fingerprint density at radius 1 is 1.35 bits per heavy atom. The smallest absolute Gasteiger partial charge is 0.118 e. The predicted octanol–water partition coefficient (Wildman–Crippen LogP) is 1.60. The average Bonchev–Trinajstić information content (AvgIpc) is 2.40. The Morgan fingerprint density at radius 2 is 2.12 bits per heavy atom. The van der Waals surface area contributed by atoms with Crippen LogP contribution >= 0.6 is 0 Å². The topological polar surface area (TPSA) is 41.5 Å². The predicted molar refractivity (Wildman–Crippen MR) is 68.3 cm³/mol. The van der Waals surface area contributed by atoms with E-state index in [2.05, 4.69) is 17.4 Å². The Morgan fingerprint density at radius 3 is 2.76 bits per heavy atom. The summed E-state index contributed by atoms with van der Waals surface area (Å²) in [6, 6.07) is 8.59. The Kier molecular flexibility index (Phi) is 4.40. The molecule has 2 atom stereocenters. The van der Waals surface area contributed by atoms with Crippen molar-refractivity contribution in [3.8, 4) is 5.75 Å². The molecule has 1 aromatic rings. The van der Waals surface area contributed by atoms with Crippen LogP contribution in [0.3, 0.4) is 0 Å². The second-order valence-electron chi connectivity index (χ2n) is 4.70. The summed E-state index contributed by atoms with van der Waals surface area (Å²) < 4.78 is 5.15. The molecule has 1 aromatic carbocycles. The molecule has 0 aliphatic carbocycles. The van der Waals surface area contributed by atoms with Gasteiger partial charge in [0.1, 0.15) is 5.75 Å². The van der Waals surface area contributed by atoms with Crippen LogP contribution in [0.1, 0.15) is 18.4 Å². The van der Waals surface area contributed by atoms with Gasteiger partial charge < -0.3 is 15.2 Å². The largest absolute Gasteiger partial charge is 0.497 e. The van der Waals surface area contributed by atoms with Gasteiger partial charge in [-0.1, -0.05) is 12.1 Å². The molecule has 17 heavy (non-hydrogen) atoms. The average molecular weight is 235 g/mol. The first kappa shape index (κ1) is 12.4. The molecule has 94 valence electrons. The van der Waals surface area contributed by atoms with Crippen molar-refractivity contribution in [3.63, 3.8) is 0 Å². The summed E-state index contributed by atoms with van der Waals surface area (Å²) in [4.78, 5) is 0. The Labute approximate surface area is 103 Å². The van der Waals surface area contributed by atoms with Crippen molar-refractivity contribution in [1.82, 2.24) is 5.32 Å². The zero-order valence-corrected chi connectivity index (χ0v) is 10.4. The van der Waals surface area contributed by atoms with Crippen LogP contribution in [-0.4, -0.2) is 31.4 Å². The highest BCUT2D eigenvalue weighted by Gasteiger charge is 2.23. The maximum Gasteiger partial charge on any atom is 0.118 e. The quantitative estimate of drug-likeness (QED) is 0.833. The van der Waals surface area contributed by atoms with Gasteiger partial charge in [-0.3, -0.25) is 0 Å². The Balaban J connectivity index is 1.98. The van der Waals surface area contributed by atoms with Crippen molar-refractivity contribution >= 4 is 0 Å². The van der Waals surface area contributed by atoms with Crippen molar-refractivity contribution in [3.05, 3.63) is 29.8 Å². The van der Waals surface area contributed by atoms with Crippen LogP contribution in [0.2, 0.25) is 0 Å². The summed E-state index contributed by atoms with van der Waals surface area (Å²) in [6.07, 6.45) is 3.28. The van der Waals surface area contributed by atoms with E-state index in [4.69, 9.17) is 4.74 Å². The lowest BCUT2D eigenvalue weighted by molar-refractivity contribution is 0.159. The molecule has 1 heterocycles. The van der Waals surface area contributed by atoms with Gasteiger partial charge in [-0.2, -0.15) is 0 Å². The highest BCUT2D eigenvalue weighted by atomic mass is 16.5. The van der Waals surface area contributed by atoms with E-state index in [9.17, 15) is 5.11 Å². The molecule has 0 saturated carbocycles. The number of hydrogen-bond acceptors (Lipinski definition) is 3. The minimum absolute atomic E-state index is 0.286. The van der Waals surface area contributed by atoms with Gasteiger partial charge in [0.15, 0.2) is 0 Å². The molecule has 0 spiro atoms. The number of piperidine rings is 1. The van der Waals surface area contributed by atoms with Crippen LogP contribution in [-0.2, 0) is 6.42 Å². The van der Waals surface area contributed by atoms with Crippen molar-refractivity contribution in [2.24, 2.45) is 5.92 Å². The van der Waals surface area contributed by atoms with Crippen molar-refractivity contribution in [1.29, 1.82) is 0 Å². The number of ether oxygens (including phenoxy) is 1. The van der Waals surface area contributed by atoms with E-state index in [1.807, 2.05) is 12.1 Å². The van der Waals surface area contributed by atoms with Gasteiger partial charge in [0.2, 0.25) is 0 Å². The standard InChI is InChI=1S/C14H21NO2/c1-17-13-6-4-11(5-7-13)9-14-12(10-16)3-2-8-15-14/h4-7,12,14-16H,2-3,8-10H2,1H3/t12-,14-/m0/s1. The minimum Gasteiger partial charge on any atom is -0.497 e. The van der Waals surface area contributed by atoms with E-state index >= 15 is 0 Å². The van der Waals surface area contributed by atoms with Gasteiger partial charge in [-0.15, -0.1) is 0 Å². The fourth-order valence-electron chi connectivity index (χ4n) is 2.49. The van der Waals surface area contributed by atoms with E-state index in [0.717, 1.165) is 25.1 Å². The summed E-state index contributed by atoms with van der Waals surface area (Å²) in [5, 5.41) is 12.9. The summed E-state index contributed by atoms with van der Waals surface area (Å²) in [5.41, 5.74) is 1.30. The number of aliphatic hydroxyl groups excluding tert-OH is 1. The highest BCUT2D eigenvalue weighted by molar-refractivity contribution is 5.27. The third-order valence-electron chi connectivity index (χ3n) is 3.58. The van der Waals surface area contributed by atoms with Crippen LogP contribution in [0.15, 0.2) is 24.3 Å². The number of hydrogen-bond donors (Lipinski definition) is 2. The van der Waals surface area contributed by atoms with E-state index in [-0.39, 0.29) is 6.61 Å². The third kappa shape index (κ3) is 3.20. The molecule has 2 rings (SSSR count). The summed E-state index contributed by atoms with van der Waals surface area (Å²) in [6.45, 7) is 1.35. The second kappa shape index (κ2) is 6.03. The number of aliphatic hydroxyl groups is 1. The zero-order valence-electron chi connectivity index (χ0n) is 10.4. The van der Waals surface area contributed by atoms with Gasteiger partial charge in [0, 0.05) is 12.6 Å². The SMILES string of the molecule is COc1ccc(C[C@@H]2NCCC[C@H]2CO)cc1. The maximum atomic E-state index is 9.36. The van der Waals surface area contributed by atoms with Crippen LogP contribution in [0, 0.1) is 5.92 Å². The molecule has 3 nitrogen and oxygen atoms in total. The molecule has 0 radical (unpaired) electrons. The number of nitrogens with one attached hydrogen (secondary N) is 1. The van der Waals surface area contributed by atoms with E-state index in [1.54, 1.807) is 7.11 Å². The molecule has 0 amide bonds. The summed E-state index contributed by atoms with van der Waals surface area (Å²) >= 11 is 0. The fraction of sp³-hybridized carbons (Fsp3) is 0.571. The fourth-order valence-corrected chi connectivity index (χ4v) is 2.49. The molecule has 0 bridgehead atoms. The monoisotopic (exact) mass is 235 g/mol. The summed E-state index contributed by atoms with van der Waals surface area (Å²) in [5.74, 6) is 1.29. The normalized spacial score (nSPS) is 24.6. The van der Waals surface area contributed by atoms with Gasteiger partial charge in [0.25, 0.3) is 0 Å². The first-order chi connectivity index (χ1) is 8.33. The molecule has 0 aromatic heterocycles. The number of rotatable bonds is 4. The summed E-state index contributed by atoms with van der Waals surface area (Å²) in [7, 11) is 1.68. The van der Waals surface area contributed by atoms with Crippen molar-refractivity contribution in [2.45, 2.75) is 25.3 Å². The molecule has 3 heteroatoms. The lowest BCUT2D eigenvalue weighted by Gasteiger charge is -2.31. The van der Waals surface area contributed by atoms with Gasteiger partial charge in [-0.05, 0) is 49.4 Å². The molecule has 0 unspecified atom stereocenters. The Hall–Kier alpha value is -1.06. The first-order valence-corrected chi connectivity index (χ1v) is 6.30. The van der Waals surface area contributed by atoms with Crippen LogP contribution in [0.5, 0.6) is 5.75 Å². The molecule has 2 N–H and O–H groups in total. The van der Waals surface area contributed by atoms with Crippen LogP contribution in [0.25, 0.3) is 0 Å². The third-order valence-corrected chi connectivity index (χ3v) is 3.58. The van der Waals surface area contributed by atoms with E-state index in [1.165, 1.54) is 12.0 Å². The second-order valence-corrected chi connectivity index (χ2v) is 4.70. The van der Waals surface area contributed by atoms with E-state index in [0.29, 0.717) is 12.0 Å². The zero-order chi connectivity index (χ0) is 12.1. The number of benzene rings is 1.